The SMILES string of the molecule is CCC(F)(F)COC[C@H](OCCCC(F)(F)F)[C@](OCCCC(F)F)(OCCC(C)(F)F)C(F)(F)O[C@](O)(F)[C@@H](OCCCCF)[C@H](COCCCCF)OCCCCF. The molecule has 0 aliphatic heterocycles. The average Bonchev–Trinajstić information content (AvgIpc) is 3.13. The summed E-state index contributed by atoms with van der Waals surface area (Å²) < 4.78 is 251. The summed E-state index contributed by atoms with van der Waals surface area (Å²) >= 11 is 0. The summed E-state index contributed by atoms with van der Waals surface area (Å²) in [4.78, 5) is 0. The summed E-state index contributed by atoms with van der Waals surface area (Å²) in [5.74, 6) is -11.7. The van der Waals surface area contributed by atoms with Crippen LogP contribution < -0.4 is 0 Å². The monoisotopic (exact) mass is 920 g/mol. The lowest BCUT2D eigenvalue weighted by molar-refractivity contribution is -0.513. The lowest BCUT2D eigenvalue weighted by Crippen LogP contribution is -2.67. The van der Waals surface area contributed by atoms with E-state index >= 15 is 13.2 Å². The van der Waals surface area contributed by atoms with Gasteiger partial charge >= 0.3 is 18.3 Å². The third-order valence-electron chi connectivity index (χ3n) is 8.19. The van der Waals surface area contributed by atoms with Gasteiger partial charge in [0.25, 0.3) is 11.7 Å². The number of unbranched alkanes of at least 4 members (excludes halogenated alkanes) is 3. The maximum absolute atomic E-state index is 17.0. The molecule has 0 spiro atoms. The maximum Gasteiger partial charge on any atom is 0.416 e. The van der Waals surface area contributed by atoms with E-state index in [4.69, 9.17) is 33.2 Å². The zero-order chi connectivity index (χ0) is 45.9. The van der Waals surface area contributed by atoms with Crippen molar-refractivity contribution in [2.45, 2.75) is 152 Å². The van der Waals surface area contributed by atoms with E-state index in [0.29, 0.717) is 6.92 Å². The predicted molar refractivity (Wildman–Crippen MR) is 184 cm³/mol. The summed E-state index contributed by atoms with van der Waals surface area (Å²) in [5.41, 5.74) is 0. The van der Waals surface area contributed by atoms with Crippen LogP contribution in [0, 0.1) is 0 Å². The van der Waals surface area contributed by atoms with Gasteiger partial charge in [0.05, 0.1) is 46.5 Å². The fourth-order valence-electron chi connectivity index (χ4n) is 4.92. The minimum absolute atomic E-state index is 0.00380. The largest absolute Gasteiger partial charge is 0.416 e. The van der Waals surface area contributed by atoms with Gasteiger partial charge in [-0.15, -0.1) is 0 Å². The van der Waals surface area contributed by atoms with Crippen molar-refractivity contribution >= 4 is 0 Å². The minimum atomic E-state index is -5.66. The molecule has 0 amide bonds. The number of rotatable bonds is 40. The first-order valence-corrected chi connectivity index (χ1v) is 19.5. The Morgan fingerprint density at radius 3 is 1.67 bits per heavy atom. The molecule has 0 bridgehead atoms. The predicted octanol–water partition coefficient (Wildman–Crippen LogP) is 9.86. The Bertz CT molecular complexity index is 1060. The number of ether oxygens (including phenoxy) is 8. The van der Waals surface area contributed by atoms with Crippen LogP contribution in [0.4, 0.5) is 65.9 Å². The molecular weight excluding hydrogens is 861 g/mol. The van der Waals surface area contributed by atoms with Crippen molar-refractivity contribution in [3.8, 4) is 0 Å². The lowest BCUT2D eigenvalue weighted by Gasteiger charge is -2.46. The zero-order valence-electron chi connectivity index (χ0n) is 33.7. The fourth-order valence-corrected chi connectivity index (χ4v) is 4.92. The van der Waals surface area contributed by atoms with Crippen LogP contribution in [0.3, 0.4) is 0 Å². The van der Waals surface area contributed by atoms with Crippen molar-refractivity contribution in [2.24, 2.45) is 0 Å². The van der Waals surface area contributed by atoms with E-state index in [1.165, 1.54) is 0 Å². The Morgan fingerprint density at radius 1 is 0.583 bits per heavy atom. The van der Waals surface area contributed by atoms with Crippen LogP contribution in [0.5, 0.6) is 0 Å². The standard InChI is InChI=1S/C36H59F15O9/c1-3-32(44,45)26-54-25-28(56-21-11-13-33(46,47)48)34(58-22-10-12-29(40)41,59-23-14-31(2,42)43)36(50,51)60-35(49,52)30(57-20-9-6-17-39)27(55-19-8-5-16-38)24-53-18-7-4-15-37/h27-30,52H,3-26H2,1-2H3/t27-,28-,30-,34-,35-/m0/s1. The molecule has 0 aliphatic carbocycles. The molecule has 60 heavy (non-hydrogen) atoms. The Balaban J connectivity index is 7.51. The van der Waals surface area contributed by atoms with E-state index in [2.05, 4.69) is 4.74 Å². The van der Waals surface area contributed by atoms with Gasteiger partial charge in [0.1, 0.15) is 18.8 Å². The molecule has 0 heterocycles. The van der Waals surface area contributed by atoms with E-state index in [-0.39, 0.29) is 45.1 Å². The summed E-state index contributed by atoms with van der Waals surface area (Å²) in [6.07, 6.45) is -28.6. The van der Waals surface area contributed by atoms with E-state index in [1.807, 2.05) is 0 Å². The number of halogens is 15. The molecule has 5 atom stereocenters. The van der Waals surface area contributed by atoms with Gasteiger partial charge in [-0.25, -0.2) is 26.3 Å². The molecule has 0 unspecified atom stereocenters. The highest BCUT2D eigenvalue weighted by molar-refractivity contribution is 4.93. The van der Waals surface area contributed by atoms with Crippen LogP contribution in [0.15, 0.2) is 0 Å². The van der Waals surface area contributed by atoms with Gasteiger partial charge in [-0.2, -0.15) is 26.3 Å². The summed E-state index contributed by atoms with van der Waals surface area (Å²) in [5, 5.41) is 11.1. The summed E-state index contributed by atoms with van der Waals surface area (Å²) in [6.45, 7) is -10.5. The second-order valence-electron chi connectivity index (χ2n) is 13.7. The number of aliphatic hydroxyl groups is 1. The molecule has 0 saturated carbocycles. The summed E-state index contributed by atoms with van der Waals surface area (Å²) in [6, 6.07) is -4.86. The second-order valence-corrected chi connectivity index (χ2v) is 13.7. The molecule has 362 valence electrons. The Hall–Kier alpha value is -1.41. The molecule has 0 fully saturated rings. The van der Waals surface area contributed by atoms with Gasteiger partial charge in [0.15, 0.2) is 6.10 Å². The first kappa shape index (κ1) is 58.6. The van der Waals surface area contributed by atoms with Crippen molar-refractivity contribution in [3.63, 3.8) is 0 Å². The summed E-state index contributed by atoms with van der Waals surface area (Å²) in [7, 11) is 0. The van der Waals surface area contributed by atoms with Gasteiger partial charge in [0.2, 0.25) is 12.3 Å². The molecule has 0 aromatic carbocycles. The van der Waals surface area contributed by atoms with Crippen LogP contribution in [-0.2, 0) is 37.9 Å². The van der Waals surface area contributed by atoms with Crippen molar-refractivity contribution in [2.75, 3.05) is 79.5 Å². The minimum Gasteiger partial charge on any atom is -0.379 e. The molecule has 0 aromatic rings. The van der Waals surface area contributed by atoms with Gasteiger partial charge in [-0.1, -0.05) is 6.92 Å². The number of hydrogen-bond acceptors (Lipinski definition) is 9. The molecule has 0 saturated heterocycles. The normalized spacial score (nSPS) is 16.9. The van der Waals surface area contributed by atoms with Crippen LogP contribution >= 0.6 is 0 Å². The molecule has 1 N–H and O–H groups in total. The average molecular weight is 921 g/mol. The molecule has 0 rings (SSSR count). The highest BCUT2D eigenvalue weighted by atomic mass is 19.4. The van der Waals surface area contributed by atoms with Crippen LogP contribution in [0.2, 0.25) is 0 Å². The van der Waals surface area contributed by atoms with Gasteiger partial charge < -0.3 is 38.3 Å². The number of alkyl halides is 15. The molecule has 0 radical (unpaired) electrons. The van der Waals surface area contributed by atoms with Gasteiger partial charge in [-0.05, 0) is 58.3 Å². The highest BCUT2D eigenvalue weighted by Crippen LogP contribution is 2.44. The van der Waals surface area contributed by atoms with Crippen molar-refractivity contribution in [1.82, 2.24) is 0 Å². The smallest absolute Gasteiger partial charge is 0.379 e. The molecule has 0 aromatic heterocycles. The van der Waals surface area contributed by atoms with Crippen molar-refractivity contribution in [1.29, 1.82) is 0 Å². The third-order valence-corrected chi connectivity index (χ3v) is 8.19. The molecule has 0 aliphatic rings. The Labute approximate surface area is 340 Å². The van der Waals surface area contributed by atoms with E-state index in [1.54, 1.807) is 0 Å². The van der Waals surface area contributed by atoms with Crippen LogP contribution in [0.25, 0.3) is 0 Å². The first-order valence-electron chi connectivity index (χ1n) is 19.5. The first-order chi connectivity index (χ1) is 27.9. The Morgan fingerprint density at radius 2 is 1.13 bits per heavy atom. The zero-order valence-corrected chi connectivity index (χ0v) is 33.7. The van der Waals surface area contributed by atoms with Crippen LogP contribution in [-0.4, -0.2) is 145 Å². The second kappa shape index (κ2) is 29.9. The quantitative estimate of drug-likeness (QED) is 0.0367. The van der Waals surface area contributed by atoms with E-state index in [9.17, 15) is 57.8 Å². The molecule has 24 heteroatoms. The molecular formula is C36H59F15O9. The lowest BCUT2D eigenvalue weighted by atomic mass is 10.1. The van der Waals surface area contributed by atoms with E-state index in [0.717, 1.165) is 6.92 Å². The Kier molecular flexibility index (Phi) is 29.2. The topological polar surface area (TPSA) is 94.1 Å². The third kappa shape index (κ3) is 25.6. The maximum atomic E-state index is 17.0. The number of hydrogen-bond donors (Lipinski definition) is 1. The van der Waals surface area contributed by atoms with Crippen molar-refractivity contribution in [3.05, 3.63) is 0 Å². The van der Waals surface area contributed by atoms with Gasteiger partial charge in [0, 0.05) is 52.1 Å². The fraction of sp³-hybridized carbons (Fsp3) is 1.00. The van der Waals surface area contributed by atoms with Gasteiger partial charge in [-0.3, -0.25) is 17.9 Å². The highest BCUT2D eigenvalue weighted by Gasteiger charge is 2.68. The van der Waals surface area contributed by atoms with E-state index < -0.39 is 172 Å². The van der Waals surface area contributed by atoms with Crippen molar-refractivity contribution < 1.29 is 109 Å². The molecule has 9 nitrogen and oxygen atoms in total. The van der Waals surface area contributed by atoms with Crippen LogP contribution in [0.1, 0.15) is 90.9 Å².